The van der Waals surface area contributed by atoms with E-state index >= 15 is 0 Å². The summed E-state index contributed by atoms with van der Waals surface area (Å²) in [6.07, 6.45) is 1.19. The molecule has 1 fully saturated rings. The highest BCUT2D eigenvalue weighted by Crippen LogP contribution is 2.36. The first-order valence-corrected chi connectivity index (χ1v) is 6.95. The molecule has 2 aliphatic rings. The van der Waals surface area contributed by atoms with Crippen molar-refractivity contribution in [1.29, 1.82) is 0 Å². The lowest BCUT2D eigenvalue weighted by atomic mass is 9.85. The highest BCUT2D eigenvalue weighted by Gasteiger charge is 2.43. The summed E-state index contributed by atoms with van der Waals surface area (Å²) in [6.45, 7) is 0.987. The van der Waals surface area contributed by atoms with Crippen LogP contribution in [0.2, 0.25) is 5.02 Å². The van der Waals surface area contributed by atoms with Gasteiger partial charge in [0.15, 0.2) is 0 Å². The van der Waals surface area contributed by atoms with Crippen molar-refractivity contribution in [3.63, 3.8) is 0 Å². The lowest BCUT2D eigenvalue weighted by molar-refractivity contribution is -0.0576. The standard InChI is InChI=1S/C14H15ClN2O3/c15-11-3-1-2-10(8-11)12-9-14(20-16-12)4-6-17(7-5-14)13(18)19/h1-3,8H,4-7,9H2,(H,18,19). The van der Waals surface area contributed by atoms with Gasteiger partial charge in [0.05, 0.1) is 5.71 Å². The third kappa shape index (κ3) is 2.45. The van der Waals surface area contributed by atoms with E-state index in [0.717, 1.165) is 11.3 Å². The third-order valence-corrected chi connectivity index (χ3v) is 4.18. The predicted octanol–water partition coefficient (Wildman–Crippen LogP) is 2.98. The molecule has 0 aliphatic carbocycles. The van der Waals surface area contributed by atoms with Gasteiger partial charge in [0.25, 0.3) is 0 Å². The van der Waals surface area contributed by atoms with Crippen LogP contribution >= 0.6 is 11.6 Å². The van der Waals surface area contributed by atoms with Gasteiger partial charge in [0.2, 0.25) is 0 Å². The Hall–Kier alpha value is -1.75. The second-order valence-electron chi connectivity index (χ2n) is 5.27. The molecule has 2 heterocycles. The fourth-order valence-electron chi connectivity index (χ4n) is 2.72. The molecule has 0 saturated carbocycles. The lowest BCUT2D eigenvalue weighted by Crippen LogP contribution is -2.46. The second kappa shape index (κ2) is 4.98. The van der Waals surface area contributed by atoms with Gasteiger partial charge in [-0.25, -0.2) is 4.79 Å². The molecule has 0 unspecified atom stereocenters. The number of benzene rings is 1. The first kappa shape index (κ1) is 13.2. The number of hydrogen-bond acceptors (Lipinski definition) is 3. The molecule has 2 aliphatic heterocycles. The fraction of sp³-hybridized carbons (Fsp3) is 0.429. The molecule has 1 aromatic rings. The van der Waals surface area contributed by atoms with Crippen LogP contribution in [0.3, 0.4) is 0 Å². The molecule has 1 aromatic carbocycles. The van der Waals surface area contributed by atoms with Crippen LogP contribution in [0, 0.1) is 0 Å². The maximum atomic E-state index is 10.9. The number of piperidine rings is 1. The third-order valence-electron chi connectivity index (χ3n) is 3.94. The number of likely N-dealkylation sites (tertiary alicyclic amines) is 1. The number of rotatable bonds is 1. The quantitative estimate of drug-likeness (QED) is 0.866. The maximum absolute atomic E-state index is 10.9. The van der Waals surface area contributed by atoms with E-state index < -0.39 is 6.09 Å². The molecule has 6 heteroatoms. The summed E-state index contributed by atoms with van der Waals surface area (Å²) in [5.41, 5.74) is 1.51. The first-order chi connectivity index (χ1) is 9.58. The van der Waals surface area contributed by atoms with Gasteiger partial charge in [0.1, 0.15) is 5.60 Å². The largest absolute Gasteiger partial charge is 0.465 e. The highest BCUT2D eigenvalue weighted by molar-refractivity contribution is 6.31. The van der Waals surface area contributed by atoms with Crippen molar-refractivity contribution in [2.45, 2.75) is 24.9 Å². The first-order valence-electron chi connectivity index (χ1n) is 6.57. The summed E-state index contributed by atoms with van der Waals surface area (Å²) in [5, 5.41) is 13.8. The van der Waals surface area contributed by atoms with Crippen LogP contribution in [0.1, 0.15) is 24.8 Å². The highest BCUT2D eigenvalue weighted by atomic mass is 35.5. The molecule has 5 nitrogen and oxygen atoms in total. The Morgan fingerprint density at radius 2 is 2.15 bits per heavy atom. The minimum atomic E-state index is -0.867. The molecule has 0 atom stereocenters. The maximum Gasteiger partial charge on any atom is 0.407 e. The summed E-state index contributed by atoms with van der Waals surface area (Å²) < 4.78 is 0. The molecule has 1 spiro atoms. The molecule has 0 aromatic heterocycles. The van der Waals surface area contributed by atoms with Crippen LogP contribution < -0.4 is 0 Å². The minimum Gasteiger partial charge on any atom is -0.465 e. The van der Waals surface area contributed by atoms with Gasteiger partial charge in [-0.15, -0.1) is 0 Å². The average molecular weight is 295 g/mol. The van der Waals surface area contributed by atoms with Crippen molar-refractivity contribution in [3.8, 4) is 0 Å². The van der Waals surface area contributed by atoms with Gasteiger partial charge in [-0.2, -0.15) is 0 Å². The van der Waals surface area contributed by atoms with Crippen LogP contribution in [0.25, 0.3) is 0 Å². The monoisotopic (exact) mass is 294 g/mol. The zero-order valence-corrected chi connectivity index (χ0v) is 11.6. The zero-order chi connectivity index (χ0) is 14.2. The zero-order valence-electron chi connectivity index (χ0n) is 10.9. The number of nitrogens with zero attached hydrogens (tertiary/aromatic N) is 2. The van der Waals surface area contributed by atoms with E-state index in [-0.39, 0.29) is 5.60 Å². The Bertz CT molecular complexity index is 565. The number of hydrogen-bond donors (Lipinski definition) is 1. The number of amides is 1. The fourth-order valence-corrected chi connectivity index (χ4v) is 2.91. The smallest absolute Gasteiger partial charge is 0.407 e. The number of halogens is 1. The average Bonchev–Trinajstić information content (AvgIpc) is 2.83. The van der Waals surface area contributed by atoms with Gasteiger partial charge in [0, 0.05) is 42.9 Å². The van der Waals surface area contributed by atoms with Crippen LogP contribution in [-0.2, 0) is 4.84 Å². The minimum absolute atomic E-state index is 0.344. The van der Waals surface area contributed by atoms with E-state index in [1.54, 1.807) is 0 Å². The Morgan fingerprint density at radius 1 is 1.40 bits per heavy atom. The van der Waals surface area contributed by atoms with E-state index in [1.165, 1.54) is 4.90 Å². The summed E-state index contributed by atoms with van der Waals surface area (Å²) in [6, 6.07) is 7.54. The summed E-state index contributed by atoms with van der Waals surface area (Å²) in [7, 11) is 0. The molecule has 0 radical (unpaired) electrons. The van der Waals surface area contributed by atoms with Crippen molar-refractivity contribution in [3.05, 3.63) is 34.9 Å². The number of carbonyl (C=O) groups is 1. The Kier molecular flexibility index (Phi) is 3.30. The number of oxime groups is 1. The van der Waals surface area contributed by atoms with Gasteiger partial charge in [-0.1, -0.05) is 28.9 Å². The molecular formula is C14H15ClN2O3. The molecule has 106 valence electrons. The predicted molar refractivity (Wildman–Crippen MR) is 75.3 cm³/mol. The van der Waals surface area contributed by atoms with Crippen molar-refractivity contribution in [2.75, 3.05) is 13.1 Å². The van der Waals surface area contributed by atoms with Crippen LogP contribution in [0.4, 0.5) is 4.79 Å². The van der Waals surface area contributed by atoms with Crippen molar-refractivity contribution < 1.29 is 14.7 Å². The van der Waals surface area contributed by atoms with E-state index in [1.807, 2.05) is 24.3 Å². The molecule has 1 N–H and O–H groups in total. The van der Waals surface area contributed by atoms with E-state index in [2.05, 4.69) is 5.16 Å². The van der Waals surface area contributed by atoms with Crippen LogP contribution in [-0.4, -0.2) is 40.5 Å². The summed E-state index contributed by atoms with van der Waals surface area (Å²) in [4.78, 5) is 18.0. The van der Waals surface area contributed by atoms with E-state index in [4.69, 9.17) is 21.5 Å². The topological polar surface area (TPSA) is 62.1 Å². The lowest BCUT2D eigenvalue weighted by Gasteiger charge is -2.35. The van der Waals surface area contributed by atoms with Crippen LogP contribution in [0.15, 0.2) is 29.4 Å². The van der Waals surface area contributed by atoms with E-state index in [0.29, 0.717) is 37.4 Å². The molecule has 20 heavy (non-hydrogen) atoms. The Morgan fingerprint density at radius 3 is 2.80 bits per heavy atom. The molecular weight excluding hydrogens is 280 g/mol. The molecule has 3 rings (SSSR count). The molecule has 1 amide bonds. The van der Waals surface area contributed by atoms with E-state index in [9.17, 15) is 4.79 Å². The number of carboxylic acid groups (broad SMARTS) is 1. The van der Waals surface area contributed by atoms with Gasteiger partial charge in [-0.05, 0) is 12.1 Å². The Labute approximate surface area is 121 Å². The van der Waals surface area contributed by atoms with Crippen molar-refractivity contribution >= 4 is 23.4 Å². The second-order valence-corrected chi connectivity index (χ2v) is 5.71. The SMILES string of the molecule is O=C(O)N1CCC2(CC1)CC(c1cccc(Cl)c1)=NO2. The summed E-state index contributed by atoms with van der Waals surface area (Å²) >= 11 is 5.99. The van der Waals surface area contributed by atoms with Gasteiger partial charge < -0.3 is 14.8 Å². The van der Waals surface area contributed by atoms with Crippen LogP contribution in [0.5, 0.6) is 0 Å². The summed E-state index contributed by atoms with van der Waals surface area (Å²) in [5.74, 6) is 0. The Balaban J connectivity index is 1.69. The van der Waals surface area contributed by atoms with Crippen molar-refractivity contribution in [1.82, 2.24) is 4.90 Å². The van der Waals surface area contributed by atoms with Gasteiger partial charge >= 0.3 is 6.09 Å². The molecule has 0 bridgehead atoms. The molecule has 1 saturated heterocycles. The normalized spacial score (nSPS) is 20.6. The van der Waals surface area contributed by atoms with Gasteiger partial charge in [-0.3, -0.25) is 0 Å². The van der Waals surface area contributed by atoms with Crippen molar-refractivity contribution in [2.24, 2.45) is 5.16 Å².